The first-order valence-corrected chi connectivity index (χ1v) is 8.75. The zero-order valence-corrected chi connectivity index (χ0v) is 15.4. The average Bonchev–Trinajstić information content (AvgIpc) is 3.14. The lowest BCUT2D eigenvalue weighted by Crippen LogP contribution is -2.37. The van der Waals surface area contributed by atoms with Crippen molar-refractivity contribution in [2.45, 2.75) is 32.7 Å². The van der Waals surface area contributed by atoms with Gasteiger partial charge in [-0.25, -0.2) is 0 Å². The number of hydrogen-bond donors (Lipinski definition) is 1. The highest BCUT2D eigenvalue weighted by atomic mass is 16.5. The topological polar surface area (TPSA) is 71.8 Å². The highest BCUT2D eigenvalue weighted by molar-refractivity contribution is 5.93. The minimum Gasteiger partial charge on any atom is -0.497 e. The van der Waals surface area contributed by atoms with E-state index in [0.29, 0.717) is 31.0 Å². The third-order valence-corrected chi connectivity index (χ3v) is 4.63. The van der Waals surface area contributed by atoms with Crippen LogP contribution in [0, 0.1) is 13.8 Å². The number of aryl methyl sites for hydroxylation is 2. The molecule has 138 valence electrons. The van der Waals surface area contributed by atoms with Gasteiger partial charge < -0.3 is 19.4 Å². The number of nitrogens with zero attached hydrogens (tertiary/aromatic N) is 1. The molecule has 1 atom stereocenters. The highest BCUT2D eigenvalue weighted by Crippen LogP contribution is 2.17. The van der Waals surface area contributed by atoms with Gasteiger partial charge in [-0.15, -0.1) is 0 Å². The van der Waals surface area contributed by atoms with Gasteiger partial charge in [0, 0.05) is 25.1 Å². The Kier molecular flexibility index (Phi) is 5.30. The Morgan fingerprint density at radius 3 is 2.65 bits per heavy atom. The average molecular weight is 356 g/mol. The molecule has 1 saturated heterocycles. The van der Waals surface area contributed by atoms with Crippen molar-refractivity contribution in [2.24, 2.45) is 0 Å². The van der Waals surface area contributed by atoms with Crippen LogP contribution < -0.4 is 10.1 Å². The van der Waals surface area contributed by atoms with Gasteiger partial charge in [-0.3, -0.25) is 9.59 Å². The van der Waals surface area contributed by atoms with Crippen molar-refractivity contribution in [3.05, 3.63) is 53.0 Å². The molecule has 0 radical (unpaired) electrons. The lowest BCUT2D eigenvalue weighted by atomic mass is 10.1. The van der Waals surface area contributed by atoms with Crippen molar-refractivity contribution in [1.29, 1.82) is 0 Å². The summed E-state index contributed by atoms with van der Waals surface area (Å²) in [4.78, 5) is 26.4. The Labute approximate surface area is 153 Å². The molecule has 0 aliphatic carbocycles. The van der Waals surface area contributed by atoms with Crippen molar-refractivity contribution in [3.63, 3.8) is 0 Å². The van der Waals surface area contributed by atoms with Crippen LogP contribution in [0.25, 0.3) is 0 Å². The van der Waals surface area contributed by atoms with Crippen LogP contribution in [0.15, 0.2) is 34.7 Å². The van der Waals surface area contributed by atoms with Crippen LogP contribution in [0.3, 0.4) is 0 Å². The summed E-state index contributed by atoms with van der Waals surface area (Å²) in [6.07, 6.45) is 1.10. The molecule has 2 amide bonds. The van der Waals surface area contributed by atoms with E-state index in [1.807, 2.05) is 44.2 Å². The van der Waals surface area contributed by atoms with E-state index in [-0.39, 0.29) is 17.9 Å². The molecule has 1 aromatic heterocycles. The van der Waals surface area contributed by atoms with Crippen molar-refractivity contribution in [3.8, 4) is 5.75 Å². The number of methoxy groups -OCH3 is 1. The van der Waals surface area contributed by atoms with Gasteiger partial charge in [0.1, 0.15) is 11.5 Å². The summed E-state index contributed by atoms with van der Waals surface area (Å²) in [5.41, 5.74) is 1.95. The van der Waals surface area contributed by atoms with E-state index in [2.05, 4.69) is 5.32 Å². The molecule has 1 N–H and O–H groups in total. The van der Waals surface area contributed by atoms with Crippen molar-refractivity contribution >= 4 is 11.8 Å². The lowest BCUT2D eigenvalue weighted by Gasteiger charge is -2.17. The molecule has 0 bridgehead atoms. The van der Waals surface area contributed by atoms with Crippen LogP contribution in [-0.2, 0) is 11.2 Å². The zero-order valence-electron chi connectivity index (χ0n) is 15.4. The largest absolute Gasteiger partial charge is 0.497 e. The Balaban J connectivity index is 1.53. The van der Waals surface area contributed by atoms with E-state index < -0.39 is 0 Å². The number of likely N-dealkylation sites (tertiary alicyclic amines) is 1. The van der Waals surface area contributed by atoms with Gasteiger partial charge in [-0.1, -0.05) is 12.1 Å². The number of carbonyl (C=O) groups excluding carboxylic acids is 2. The molecule has 0 saturated carbocycles. The summed E-state index contributed by atoms with van der Waals surface area (Å²) in [6.45, 7) is 4.81. The maximum atomic E-state index is 12.3. The van der Waals surface area contributed by atoms with Gasteiger partial charge in [0.25, 0.3) is 5.91 Å². The van der Waals surface area contributed by atoms with Crippen LogP contribution in [0.4, 0.5) is 0 Å². The van der Waals surface area contributed by atoms with E-state index in [1.54, 1.807) is 12.0 Å². The van der Waals surface area contributed by atoms with Gasteiger partial charge >= 0.3 is 0 Å². The number of ether oxygens (including phenoxy) is 1. The number of nitrogens with one attached hydrogen (secondary N) is 1. The summed E-state index contributed by atoms with van der Waals surface area (Å²) >= 11 is 0. The fraction of sp³-hybridized carbons (Fsp3) is 0.400. The highest BCUT2D eigenvalue weighted by Gasteiger charge is 2.31. The maximum Gasteiger partial charge on any atom is 0.287 e. The summed E-state index contributed by atoms with van der Waals surface area (Å²) < 4.78 is 10.6. The maximum absolute atomic E-state index is 12.3. The molecule has 1 aromatic carbocycles. The zero-order chi connectivity index (χ0) is 18.7. The fourth-order valence-corrected chi connectivity index (χ4v) is 3.26. The third-order valence-electron chi connectivity index (χ3n) is 4.63. The molecular formula is C20H24N2O4. The Hall–Kier alpha value is -2.76. The van der Waals surface area contributed by atoms with Crippen molar-refractivity contribution in [1.82, 2.24) is 10.2 Å². The second-order valence-corrected chi connectivity index (χ2v) is 6.68. The van der Waals surface area contributed by atoms with Crippen LogP contribution >= 0.6 is 0 Å². The van der Waals surface area contributed by atoms with Crippen LogP contribution in [0.2, 0.25) is 0 Å². The predicted octanol–water partition coefficient (Wildman–Crippen LogP) is 2.48. The number of hydrogen-bond acceptors (Lipinski definition) is 4. The summed E-state index contributed by atoms with van der Waals surface area (Å²) in [7, 11) is 1.64. The van der Waals surface area contributed by atoms with E-state index in [9.17, 15) is 9.59 Å². The molecule has 6 nitrogen and oxygen atoms in total. The number of rotatable bonds is 6. The Morgan fingerprint density at radius 1 is 1.31 bits per heavy atom. The number of amides is 2. The second-order valence-electron chi connectivity index (χ2n) is 6.68. The summed E-state index contributed by atoms with van der Waals surface area (Å²) in [5, 5.41) is 2.91. The Morgan fingerprint density at radius 2 is 2.04 bits per heavy atom. The van der Waals surface area contributed by atoms with Gasteiger partial charge in [0.15, 0.2) is 5.76 Å². The lowest BCUT2D eigenvalue weighted by molar-refractivity contribution is -0.127. The molecule has 6 heteroatoms. The molecule has 0 unspecified atom stereocenters. The van der Waals surface area contributed by atoms with Gasteiger partial charge in [-0.05, 0) is 44.0 Å². The minimum absolute atomic E-state index is 0.0659. The van der Waals surface area contributed by atoms with Gasteiger partial charge in [0.2, 0.25) is 5.91 Å². The van der Waals surface area contributed by atoms with Gasteiger partial charge in [-0.2, -0.15) is 0 Å². The monoisotopic (exact) mass is 356 g/mol. The number of furan rings is 1. The summed E-state index contributed by atoms with van der Waals surface area (Å²) in [5.74, 6) is 1.65. The molecule has 1 fully saturated rings. The minimum atomic E-state index is -0.259. The third kappa shape index (κ3) is 4.07. The fourth-order valence-electron chi connectivity index (χ4n) is 3.26. The Bertz CT molecular complexity index is 795. The van der Waals surface area contributed by atoms with Gasteiger partial charge in [0.05, 0.1) is 13.2 Å². The van der Waals surface area contributed by atoms with Crippen LogP contribution in [0.1, 0.15) is 33.9 Å². The van der Waals surface area contributed by atoms with E-state index in [4.69, 9.17) is 9.15 Å². The molecule has 1 aliphatic rings. The smallest absolute Gasteiger partial charge is 0.287 e. The molecular weight excluding hydrogens is 332 g/mol. The first-order chi connectivity index (χ1) is 12.5. The van der Waals surface area contributed by atoms with Crippen molar-refractivity contribution < 1.29 is 18.7 Å². The standard InChI is InChI=1S/C20H24N2O4/c1-13-10-14(2)26-19(13)20(24)21-16-11-18(23)22(12-16)9-8-15-4-6-17(25-3)7-5-15/h4-7,10,16H,8-9,11-12H2,1-3H3,(H,21,24)/t16-/m1/s1. The first-order valence-electron chi connectivity index (χ1n) is 8.75. The van der Waals surface area contributed by atoms with Crippen molar-refractivity contribution in [2.75, 3.05) is 20.2 Å². The first kappa shape index (κ1) is 18.0. The SMILES string of the molecule is COc1ccc(CCN2C[C@H](NC(=O)c3oc(C)cc3C)CC2=O)cc1. The molecule has 26 heavy (non-hydrogen) atoms. The molecule has 3 rings (SSSR count). The van der Waals surface area contributed by atoms with Crippen LogP contribution in [-0.4, -0.2) is 43.0 Å². The molecule has 1 aliphatic heterocycles. The van der Waals surface area contributed by atoms with E-state index in [0.717, 1.165) is 23.3 Å². The number of benzene rings is 1. The van der Waals surface area contributed by atoms with Crippen LogP contribution in [0.5, 0.6) is 5.75 Å². The summed E-state index contributed by atoms with van der Waals surface area (Å²) in [6, 6.07) is 9.48. The molecule has 2 aromatic rings. The molecule has 0 spiro atoms. The quantitative estimate of drug-likeness (QED) is 0.863. The van der Waals surface area contributed by atoms with E-state index >= 15 is 0 Å². The number of carbonyl (C=O) groups is 2. The van der Waals surface area contributed by atoms with E-state index in [1.165, 1.54) is 0 Å². The normalized spacial score (nSPS) is 16.8. The second kappa shape index (κ2) is 7.64. The molecule has 2 heterocycles. The predicted molar refractivity (Wildman–Crippen MR) is 97.3 cm³/mol.